The smallest absolute Gasteiger partial charge is 0.303 e. The number of aliphatic hydroxyl groups is 1. The van der Waals surface area contributed by atoms with Crippen LogP contribution in [0.5, 0.6) is 0 Å². The second-order valence-electron chi connectivity index (χ2n) is 5.70. The number of hydrogen-bond acceptors (Lipinski definition) is 3. The van der Waals surface area contributed by atoms with Crippen LogP contribution in [0.25, 0.3) is 0 Å². The Bertz CT molecular complexity index is 374. The molecule has 0 aliphatic heterocycles. The molecule has 0 aromatic heterocycles. The van der Waals surface area contributed by atoms with E-state index in [1.54, 1.807) is 0 Å². The molecule has 2 aliphatic rings. The molecule has 4 atom stereocenters. The molecule has 0 amide bonds. The van der Waals surface area contributed by atoms with Gasteiger partial charge in [0.05, 0.1) is 0 Å². The molecule has 2 rings (SSSR count). The third kappa shape index (κ3) is 3.06. The Morgan fingerprint density at radius 1 is 1.21 bits per heavy atom. The molecular weight excluding hydrogens is 244 g/mol. The second-order valence-corrected chi connectivity index (χ2v) is 5.70. The summed E-state index contributed by atoms with van der Waals surface area (Å²) in [4.78, 5) is 22.3. The van der Waals surface area contributed by atoms with Gasteiger partial charge in [0, 0.05) is 24.9 Å². The van der Waals surface area contributed by atoms with Crippen LogP contribution in [-0.2, 0) is 9.59 Å². The molecule has 4 nitrogen and oxygen atoms in total. The van der Waals surface area contributed by atoms with Gasteiger partial charge in [0.1, 0.15) is 5.78 Å². The molecule has 2 N–H and O–H groups in total. The molecule has 2 aliphatic carbocycles. The van der Waals surface area contributed by atoms with Gasteiger partial charge >= 0.3 is 5.97 Å². The Morgan fingerprint density at radius 3 is 2.53 bits per heavy atom. The number of carbonyl (C=O) groups is 2. The van der Waals surface area contributed by atoms with E-state index >= 15 is 0 Å². The summed E-state index contributed by atoms with van der Waals surface area (Å²) in [5.74, 6) is 0.309. The van der Waals surface area contributed by atoms with Crippen molar-refractivity contribution in [1.82, 2.24) is 0 Å². The van der Waals surface area contributed by atoms with Crippen molar-refractivity contribution in [1.29, 1.82) is 0 Å². The van der Waals surface area contributed by atoms with Gasteiger partial charge in [-0.1, -0.05) is 12.2 Å². The molecule has 2 saturated carbocycles. The van der Waals surface area contributed by atoms with Crippen LogP contribution >= 0.6 is 0 Å². The number of aliphatic hydroxyl groups excluding tert-OH is 1. The maximum absolute atomic E-state index is 12.0. The van der Waals surface area contributed by atoms with E-state index in [0.29, 0.717) is 18.1 Å². The topological polar surface area (TPSA) is 74.6 Å². The fourth-order valence-corrected chi connectivity index (χ4v) is 3.71. The Kier molecular flexibility index (Phi) is 4.75. The molecule has 19 heavy (non-hydrogen) atoms. The summed E-state index contributed by atoms with van der Waals surface area (Å²) < 4.78 is 0. The zero-order valence-corrected chi connectivity index (χ0v) is 11.1. The third-order valence-electron chi connectivity index (χ3n) is 4.65. The number of allylic oxidation sites excluding steroid dienone is 2. The third-order valence-corrected chi connectivity index (χ3v) is 4.65. The zero-order chi connectivity index (χ0) is 13.8. The molecule has 0 spiro atoms. The summed E-state index contributed by atoms with van der Waals surface area (Å²) in [6, 6.07) is 0. The predicted octanol–water partition coefficient (Wildman–Crippen LogP) is 2.02. The SMILES string of the molecule is O=C(O)CCC/C=C\C[C@H]1[C@@H](CO)[C@H]2CC[C@@H]1C2=O. The minimum Gasteiger partial charge on any atom is -0.481 e. The first kappa shape index (κ1) is 14.3. The van der Waals surface area contributed by atoms with Crippen molar-refractivity contribution in [2.45, 2.75) is 38.5 Å². The maximum atomic E-state index is 12.0. The van der Waals surface area contributed by atoms with Gasteiger partial charge in [-0.25, -0.2) is 0 Å². The lowest BCUT2D eigenvalue weighted by atomic mass is 9.78. The highest BCUT2D eigenvalue weighted by Crippen LogP contribution is 2.50. The fraction of sp³-hybridized carbons (Fsp3) is 0.733. The first-order chi connectivity index (χ1) is 9.15. The van der Waals surface area contributed by atoms with Crippen LogP contribution in [-0.4, -0.2) is 28.6 Å². The van der Waals surface area contributed by atoms with Crippen molar-refractivity contribution in [3.8, 4) is 0 Å². The van der Waals surface area contributed by atoms with Gasteiger partial charge in [-0.15, -0.1) is 0 Å². The summed E-state index contributed by atoms with van der Waals surface area (Å²) in [7, 11) is 0. The van der Waals surface area contributed by atoms with Crippen LogP contribution in [0.15, 0.2) is 12.2 Å². The summed E-state index contributed by atoms with van der Waals surface area (Å²) in [5.41, 5.74) is 0. The number of unbranched alkanes of at least 4 members (excludes halogenated alkanes) is 1. The van der Waals surface area contributed by atoms with E-state index in [1.165, 1.54) is 0 Å². The van der Waals surface area contributed by atoms with Crippen LogP contribution in [0.4, 0.5) is 0 Å². The summed E-state index contributed by atoms with van der Waals surface area (Å²) in [5, 5.41) is 18.0. The Labute approximate surface area is 113 Å². The quantitative estimate of drug-likeness (QED) is 0.546. The number of Topliss-reactive ketones (excluding diaryl/α,β-unsaturated/α-hetero) is 1. The Morgan fingerprint density at radius 2 is 1.89 bits per heavy atom. The molecular formula is C15H22O4. The maximum Gasteiger partial charge on any atom is 0.303 e. The molecule has 106 valence electrons. The van der Waals surface area contributed by atoms with Gasteiger partial charge in [0.25, 0.3) is 0 Å². The first-order valence-electron chi connectivity index (χ1n) is 7.16. The summed E-state index contributed by atoms with van der Waals surface area (Å²) in [6.45, 7) is 0.116. The van der Waals surface area contributed by atoms with Crippen molar-refractivity contribution in [2.24, 2.45) is 23.7 Å². The number of carbonyl (C=O) groups excluding carboxylic acids is 1. The zero-order valence-electron chi connectivity index (χ0n) is 11.1. The molecule has 2 fully saturated rings. The van der Waals surface area contributed by atoms with E-state index in [2.05, 4.69) is 6.08 Å². The van der Waals surface area contributed by atoms with Gasteiger partial charge in [-0.05, 0) is 43.9 Å². The average Bonchev–Trinajstić information content (AvgIpc) is 2.86. The number of rotatable bonds is 7. The van der Waals surface area contributed by atoms with Crippen LogP contribution in [0.2, 0.25) is 0 Å². The predicted molar refractivity (Wildman–Crippen MR) is 70.5 cm³/mol. The standard InChI is InChI=1S/C15H22O4/c16-9-13-10(11-7-8-12(13)15(11)19)5-3-1-2-4-6-14(17)18/h1,3,10-13,16H,2,4-9H2,(H,17,18)/b3-1-/t10-,11+,12-,13-/m1/s1. The lowest BCUT2D eigenvalue weighted by Gasteiger charge is -2.27. The fourth-order valence-electron chi connectivity index (χ4n) is 3.71. The van der Waals surface area contributed by atoms with E-state index in [4.69, 9.17) is 5.11 Å². The normalized spacial score (nSPS) is 33.4. The number of hydrogen-bond donors (Lipinski definition) is 2. The molecule has 0 radical (unpaired) electrons. The first-order valence-corrected chi connectivity index (χ1v) is 7.16. The van der Waals surface area contributed by atoms with Crippen LogP contribution < -0.4 is 0 Å². The minimum absolute atomic E-state index is 0.0976. The van der Waals surface area contributed by atoms with Gasteiger partial charge in [-0.2, -0.15) is 0 Å². The summed E-state index contributed by atoms with van der Waals surface area (Å²) in [6.07, 6.45) is 8.47. The molecule has 0 heterocycles. The van der Waals surface area contributed by atoms with Gasteiger partial charge in [-0.3, -0.25) is 9.59 Å². The Hall–Kier alpha value is -1.16. The molecule has 0 aromatic rings. The number of carboxylic acid groups (broad SMARTS) is 1. The van der Waals surface area contributed by atoms with Crippen molar-refractivity contribution in [3.63, 3.8) is 0 Å². The van der Waals surface area contributed by atoms with Crippen LogP contribution in [0, 0.1) is 23.7 Å². The number of carboxylic acids is 1. The second kappa shape index (κ2) is 6.33. The molecule has 4 heteroatoms. The van der Waals surface area contributed by atoms with Crippen LogP contribution in [0.3, 0.4) is 0 Å². The molecule has 0 aromatic carbocycles. The lowest BCUT2D eigenvalue weighted by Crippen LogP contribution is -2.24. The Balaban J connectivity index is 1.78. The molecule has 0 saturated heterocycles. The highest BCUT2D eigenvalue weighted by molar-refractivity contribution is 5.88. The molecule has 2 bridgehead atoms. The van der Waals surface area contributed by atoms with E-state index in [9.17, 15) is 14.7 Å². The highest BCUT2D eigenvalue weighted by Gasteiger charge is 2.52. The van der Waals surface area contributed by atoms with E-state index in [-0.39, 0.29) is 30.8 Å². The van der Waals surface area contributed by atoms with Gasteiger partial charge < -0.3 is 10.2 Å². The van der Waals surface area contributed by atoms with Gasteiger partial charge in [0.15, 0.2) is 0 Å². The minimum atomic E-state index is -0.757. The van der Waals surface area contributed by atoms with E-state index in [0.717, 1.165) is 25.7 Å². The number of fused-ring (bicyclic) bond motifs is 2. The lowest BCUT2D eigenvalue weighted by molar-refractivity contribution is -0.137. The van der Waals surface area contributed by atoms with E-state index < -0.39 is 5.97 Å². The molecule has 0 unspecified atom stereocenters. The monoisotopic (exact) mass is 266 g/mol. The van der Waals surface area contributed by atoms with Crippen molar-refractivity contribution in [3.05, 3.63) is 12.2 Å². The number of ketones is 1. The van der Waals surface area contributed by atoms with Crippen LogP contribution in [0.1, 0.15) is 38.5 Å². The van der Waals surface area contributed by atoms with E-state index in [1.807, 2.05) is 6.08 Å². The highest BCUT2D eigenvalue weighted by atomic mass is 16.4. The largest absolute Gasteiger partial charge is 0.481 e. The number of aliphatic carboxylic acids is 1. The van der Waals surface area contributed by atoms with Crippen molar-refractivity contribution < 1.29 is 19.8 Å². The summed E-state index contributed by atoms with van der Waals surface area (Å²) >= 11 is 0. The van der Waals surface area contributed by atoms with Crippen molar-refractivity contribution in [2.75, 3.05) is 6.61 Å². The van der Waals surface area contributed by atoms with Gasteiger partial charge in [0.2, 0.25) is 0 Å². The average molecular weight is 266 g/mol. The van der Waals surface area contributed by atoms with Crippen molar-refractivity contribution >= 4 is 11.8 Å².